The third kappa shape index (κ3) is 10.4. The zero-order valence-corrected chi connectivity index (χ0v) is 17.7. The van der Waals surface area contributed by atoms with Crippen LogP contribution >= 0.6 is 34.8 Å². The minimum atomic E-state index is -1.94. The highest BCUT2D eigenvalue weighted by molar-refractivity contribution is 6.61. The van der Waals surface area contributed by atoms with Gasteiger partial charge in [0.15, 0.2) is 0 Å². The lowest BCUT2D eigenvalue weighted by Gasteiger charge is -2.31. The molecule has 1 N–H and O–H groups in total. The van der Waals surface area contributed by atoms with Crippen molar-refractivity contribution >= 4 is 40.8 Å². The largest absolute Gasteiger partial charge is 0.479 e. The number of hydrogen-bond acceptors (Lipinski definition) is 1. The lowest BCUT2D eigenvalue weighted by atomic mass is 9.97. The average Bonchev–Trinajstić information content (AvgIpc) is 2.51. The zero-order valence-electron chi connectivity index (χ0n) is 15.4. The Kier molecular flexibility index (Phi) is 13.7. The summed E-state index contributed by atoms with van der Waals surface area (Å²) in [6, 6.07) is 0. The molecular formula is C19H35Cl3O2. The van der Waals surface area contributed by atoms with E-state index in [4.69, 9.17) is 39.9 Å². The van der Waals surface area contributed by atoms with Crippen LogP contribution in [0.25, 0.3) is 0 Å². The van der Waals surface area contributed by atoms with E-state index < -0.39 is 15.2 Å². The molecule has 0 fully saturated rings. The molecule has 0 saturated carbocycles. The van der Waals surface area contributed by atoms with Crippen LogP contribution in [0.1, 0.15) is 104 Å². The first-order chi connectivity index (χ1) is 11.3. The molecule has 24 heavy (non-hydrogen) atoms. The van der Waals surface area contributed by atoms with Gasteiger partial charge in [0.1, 0.15) is 0 Å². The second-order valence-corrected chi connectivity index (χ2v) is 9.23. The summed E-state index contributed by atoms with van der Waals surface area (Å²) in [7, 11) is 0. The fourth-order valence-corrected chi connectivity index (χ4v) is 3.26. The van der Waals surface area contributed by atoms with E-state index in [9.17, 15) is 4.79 Å². The van der Waals surface area contributed by atoms with Crippen LogP contribution in [0.2, 0.25) is 0 Å². The fraction of sp³-hybridized carbons (Fsp3) is 0.947. The van der Waals surface area contributed by atoms with Crippen molar-refractivity contribution in [3.05, 3.63) is 0 Å². The molecule has 0 spiro atoms. The molecule has 0 aromatic heterocycles. The number of hydrogen-bond donors (Lipinski definition) is 1. The molecule has 2 nitrogen and oxygen atoms in total. The molecule has 0 heterocycles. The highest BCUT2D eigenvalue weighted by Crippen LogP contribution is 2.42. The molecule has 0 saturated heterocycles. The first-order valence-electron chi connectivity index (χ1n) is 9.56. The Hall–Kier alpha value is 0.340. The van der Waals surface area contributed by atoms with Gasteiger partial charge in [-0.3, -0.25) is 0 Å². The lowest BCUT2D eigenvalue weighted by Crippen LogP contribution is -2.45. The predicted molar refractivity (Wildman–Crippen MR) is 107 cm³/mol. The monoisotopic (exact) mass is 400 g/mol. The maximum absolute atomic E-state index is 11.1. The Labute approximate surface area is 163 Å². The Balaban J connectivity index is 3.50. The van der Waals surface area contributed by atoms with Crippen molar-refractivity contribution in [3.63, 3.8) is 0 Å². The standard InChI is InChI=1S/C19H35Cl3O2/c1-3-4-5-6-7-8-9-10-11-12-13-14-15-16-18(2,20)19(21,22)17(23)24/h3-16H2,1-2H3,(H,23,24). The van der Waals surface area contributed by atoms with Gasteiger partial charge in [0.25, 0.3) is 0 Å². The zero-order chi connectivity index (χ0) is 18.5. The highest BCUT2D eigenvalue weighted by Gasteiger charge is 2.50. The van der Waals surface area contributed by atoms with E-state index in [0.717, 1.165) is 19.3 Å². The molecular weight excluding hydrogens is 367 g/mol. The molecule has 0 aromatic rings. The lowest BCUT2D eigenvalue weighted by molar-refractivity contribution is -0.138. The molecule has 1 unspecified atom stereocenters. The SMILES string of the molecule is CCCCCCCCCCCCCCCC(C)(Cl)C(Cl)(Cl)C(=O)O. The highest BCUT2D eigenvalue weighted by atomic mass is 35.5. The van der Waals surface area contributed by atoms with E-state index in [-0.39, 0.29) is 0 Å². The Morgan fingerprint density at radius 2 is 1.08 bits per heavy atom. The summed E-state index contributed by atoms with van der Waals surface area (Å²) in [4.78, 5) is 9.91. The van der Waals surface area contributed by atoms with Crippen molar-refractivity contribution in [2.75, 3.05) is 0 Å². The number of rotatable bonds is 16. The Morgan fingerprint density at radius 3 is 1.42 bits per heavy atom. The summed E-state index contributed by atoms with van der Waals surface area (Å²) in [5, 5.41) is 9.03. The van der Waals surface area contributed by atoms with Gasteiger partial charge in [0.2, 0.25) is 4.33 Å². The second-order valence-electron chi connectivity index (χ2n) is 7.07. The van der Waals surface area contributed by atoms with Crippen LogP contribution < -0.4 is 0 Å². The number of aliphatic carboxylic acids is 1. The van der Waals surface area contributed by atoms with Gasteiger partial charge < -0.3 is 5.11 Å². The van der Waals surface area contributed by atoms with E-state index >= 15 is 0 Å². The number of carbonyl (C=O) groups is 1. The van der Waals surface area contributed by atoms with Crippen LogP contribution in [-0.2, 0) is 4.79 Å². The van der Waals surface area contributed by atoms with Crippen molar-refractivity contribution < 1.29 is 9.90 Å². The van der Waals surface area contributed by atoms with Gasteiger partial charge in [-0.15, -0.1) is 11.6 Å². The van der Waals surface area contributed by atoms with Gasteiger partial charge >= 0.3 is 5.97 Å². The first kappa shape index (κ1) is 24.3. The number of alkyl halides is 3. The first-order valence-corrected chi connectivity index (χ1v) is 10.7. The van der Waals surface area contributed by atoms with E-state index in [1.807, 2.05) is 0 Å². The molecule has 0 rings (SSSR count). The summed E-state index contributed by atoms with van der Waals surface area (Å²) in [5.41, 5.74) is 0. The van der Waals surface area contributed by atoms with Gasteiger partial charge in [-0.2, -0.15) is 0 Å². The van der Waals surface area contributed by atoms with Gasteiger partial charge in [-0.1, -0.05) is 114 Å². The molecule has 0 bridgehead atoms. The smallest absolute Gasteiger partial charge is 0.342 e. The summed E-state index contributed by atoms with van der Waals surface area (Å²) in [6.45, 7) is 3.85. The van der Waals surface area contributed by atoms with Crippen LogP contribution in [0.4, 0.5) is 0 Å². The summed E-state index contributed by atoms with van der Waals surface area (Å²) in [6.07, 6.45) is 17.0. The minimum absolute atomic E-state index is 0.506. The Bertz CT molecular complexity index is 331. The van der Waals surface area contributed by atoms with Gasteiger partial charge in [0, 0.05) is 0 Å². The quantitative estimate of drug-likeness (QED) is 0.212. The molecule has 5 heteroatoms. The van der Waals surface area contributed by atoms with Crippen molar-refractivity contribution in [3.8, 4) is 0 Å². The summed E-state index contributed by atoms with van der Waals surface area (Å²) < 4.78 is -1.94. The average molecular weight is 402 g/mol. The molecule has 0 amide bonds. The minimum Gasteiger partial charge on any atom is -0.479 e. The van der Waals surface area contributed by atoms with Crippen molar-refractivity contribution in [2.24, 2.45) is 0 Å². The topological polar surface area (TPSA) is 37.3 Å². The molecule has 0 aliphatic rings. The van der Waals surface area contributed by atoms with Crippen LogP contribution in [0.3, 0.4) is 0 Å². The van der Waals surface area contributed by atoms with Crippen LogP contribution in [0.5, 0.6) is 0 Å². The van der Waals surface area contributed by atoms with Crippen LogP contribution in [-0.4, -0.2) is 20.3 Å². The summed E-state index contributed by atoms with van der Waals surface area (Å²) in [5.74, 6) is -1.28. The third-order valence-electron chi connectivity index (χ3n) is 4.67. The van der Waals surface area contributed by atoms with Crippen LogP contribution in [0, 0.1) is 0 Å². The molecule has 1 atom stereocenters. The number of unbranched alkanes of at least 4 members (excludes halogenated alkanes) is 12. The van der Waals surface area contributed by atoms with Gasteiger partial charge in [0.05, 0.1) is 4.87 Å². The van der Waals surface area contributed by atoms with E-state index in [0.29, 0.717) is 6.42 Å². The van der Waals surface area contributed by atoms with E-state index in [1.54, 1.807) is 6.92 Å². The fourth-order valence-electron chi connectivity index (χ4n) is 2.85. The van der Waals surface area contributed by atoms with E-state index in [2.05, 4.69) is 6.92 Å². The van der Waals surface area contributed by atoms with Crippen molar-refractivity contribution in [1.82, 2.24) is 0 Å². The van der Waals surface area contributed by atoms with E-state index in [1.165, 1.54) is 64.2 Å². The molecule has 144 valence electrons. The maximum Gasteiger partial charge on any atom is 0.342 e. The van der Waals surface area contributed by atoms with Gasteiger partial charge in [-0.25, -0.2) is 4.79 Å². The number of carboxylic acids is 1. The van der Waals surface area contributed by atoms with Crippen LogP contribution in [0.15, 0.2) is 0 Å². The number of carboxylic acid groups (broad SMARTS) is 1. The Morgan fingerprint density at radius 1 is 0.750 bits per heavy atom. The van der Waals surface area contributed by atoms with Crippen molar-refractivity contribution in [1.29, 1.82) is 0 Å². The summed E-state index contributed by atoms with van der Waals surface area (Å²) >= 11 is 17.9. The maximum atomic E-state index is 11.1. The molecule has 0 radical (unpaired) electrons. The third-order valence-corrected chi connectivity index (χ3v) is 6.50. The van der Waals surface area contributed by atoms with Gasteiger partial charge in [-0.05, 0) is 13.3 Å². The molecule has 0 aliphatic heterocycles. The second kappa shape index (κ2) is 13.5. The van der Waals surface area contributed by atoms with Crippen molar-refractivity contribution in [2.45, 2.75) is 113 Å². The molecule has 0 aliphatic carbocycles. The predicted octanol–water partition coefficient (Wildman–Crippen LogP) is 7.72. The normalized spacial score (nSPS) is 14.5. The molecule has 0 aromatic carbocycles. The number of halogens is 3.